The third-order valence-electron chi connectivity index (χ3n) is 7.12. The molecule has 35 heavy (non-hydrogen) atoms. The average molecular weight is 600 g/mol. The van der Waals surface area contributed by atoms with Crippen LogP contribution >= 0.6 is 31.9 Å². The molecule has 4 heteroatoms. The van der Waals surface area contributed by atoms with Gasteiger partial charge in [-0.2, -0.15) is 0 Å². The van der Waals surface area contributed by atoms with Crippen LogP contribution in [0.4, 0.5) is 0 Å². The van der Waals surface area contributed by atoms with Crippen molar-refractivity contribution in [2.45, 2.75) is 69.6 Å². The predicted molar refractivity (Wildman–Crippen MR) is 157 cm³/mol. The molecule has 0 aliphatic heterocycles. The van der Waals surface area contributed by atoms with Gasteiger partial charge >= 0.3 is 0 Å². The molecule has 0 aromatic heterocycles. The zero-order valence-electron chi connectivity index (χ0n) is 20.5. The molecule has 0 saturated carbocycles. The largest absolute Gasteiger partial charge is 0.299 e. The molecule has 2 aromatic rings. The van der Waals surface area contributed by atoms with E-state index in [1.54, 1.807) is 12.2 Å². The number of hydrogen-bond acceptors (Lipinski definition) is 2. The molecule has 1 aliphatic rings. The molecule has 2 aromatic carbocycles. The number of allylic oxidation sites excluding steroid dienone is 2. The highest BCUT2D eigenvalue weighted by Gasteiger charge is 2.42. The summed E-state index contributed by atoms with van der Waals surface area (Å²) in [5.41, 5.74) is 7.55. The molecule has 0 spiro atoms. The van der Waals surface area contributed by atoms with Crippen LogP contribution in [0.2, 0.25) is 0 Å². The van der Waals surface area contributed by atoms with Crippen LogP contribution in [0.5, 0.6) is 0 Å². The number of alkyl halides is 2. The van der Waals surface area contributed by atoms with Gasteiger partial charge < -0.3 is 0 Å². The zero-order chi connectivity index (χ0) is 24.9. The van der Waals surface area contributed by atoms with E-state index in [9.17, 15) is 9.59 Å². The number of aldehydes is 2. The fourth-order valence-corrected chi connectivity index (χ4v) is 6.24. The number of halogens is 2. The summed E-state index contributed by atoms with van der Waals surface area (Å²) in [5, 5.41) is 2.13. The molecular formula is C31H36Br2O2. The van der Waals surface area contributed by atoms with E-state index in [-0.39, 0.29) is 5.41 Å². The highest BCUT2D eigenvalue weighted by Crippen LogP contribution is 2.54. The van der Waals surface area contributed by atoms with Crippen molar-refractivity contribution in [2.75, 3.05) is 10.7 Å². The molecule has 1 aliphatic carbocycles. The van der Waals surface area contributed by atoms with E-state index < -0.39 is 0 Å². The minimum Gasteiger partial charge on any atom is -0.299 e. The van der Waals surface area contributed by atoms with Crippen LogP contribution in [0.3, 0.4) is 0 Å². The summed E-state index contributed by atoms with van der Waals surface area (Å²) in [6.07, 6.45) is 20.7. The number of benzene rings is 2. The fourth-order valence-electron chi connectivity index (χ4n) is 5.45. The summed E-state index contributed by atoms with van der Waals surface area (Å²) in [6.45, 7) is 0. The Morgan fingerprint density at radius 2 is 1.03 bits per heavy atom. The Kier molecular flexibility index (Phi) is 11.7. The molecular weight excluding hydrogens is 564 g/mol. The summed E-state index contributed by atoms with van der Waals surface area (Å²) < 4.78 is 0. The minimum atomic E-state index is -0.0382. The molecule has 0 radical (unpaired) electrons. The summed E-state index contributed by atoms with van der Waals surface area (Å²) in [6, 6.07) is 13.3. The quantitative estimate of drug-likeness (QED) is 0.0834. The van der Waals surface area contributed by atoms with Crippen LogP contribution in [0.1, 0.15) is 86.5 Å². The van der Waals surface area contributed by atoms with Crippen molar-refractivity contribution in [3.8, 4) is 11.1 Å². The van der Waals surface area contributed by atoms with Crippen LogP contribution in [0, 0.1) is 0 Å². The van der Waals surface area contributed by atoms with Crippen molar-refractivity contribution in [1.29, 1.82) is 0 Å². The lowest BCUT2D eigenvalue weighted by Crippen LogP contribution is -2.25. The smallest absolute Gasteiger partial charge is 0.142 e. The van der Waals surface area contributed by atoms with E-state index in [4.69, 9.17) is 0 Å². The molecule has 186 valence electrons. The van der Waals surface area contributed by atoms with Gasteiger partial charge in [0, 0.05) is 16.1 Å². The number of fused-ring (bicyclic) bond motifs is 3. The Hall–Kier alpha value is -1.78. The first kappa shape index (κ1) is 27.8. The van der Waals surface area contributed by atoms with Crippen LogP contribution in [0.15, 0.2) is 48.6 Å². The maximum Gasteiger partial charge on any atom is 0.142 e. The van der Waals surface area contributed by atoms with Crippen molar-refractivity contribution in [1.82, 2.24) is 0 Å². The van der Waals surface area contributed by atoms with Gasteiger partial charge in [-0.15, -0.1) is 0 Å². The minimum absolute atomic E-state index is 0.0382. The van der Waals surface area contributed by atoms with Gasteiger partial charge in [0.25, 0.3) is 0 Å². The van der Waals surface area contributed by atoms with Crippen molar-refractivity contribution in [3.05, 3.63) is 70.8 Å². The Morgan fingerprint density at radius 1 is 0.600 bits per heavy atom. The van der Waals surface area contributed by atoms with Gasteiger partial charge in [0.15, 0.2) is 0 Å². The third-order valence-corrected chi connectivity index (χ3v) is 8.24. The van der Waals surface area contributed by atoms with E-state index in [0.29, 0.717) is 0 Å². The second-order valence-corrected chi connectivity index (χ2v) is 11.0. The Labute approximate surface area is 227 Å². The molecule has 0 amide bonds. The molecule has 3 rings (SSSR count). The van der Waals surface area contributed by atoms with E-state index in [2.05, 4.69) is 68.3 Å². The monoisotopic (exact) mass is 598 g/mol. The van der Waals surface area contributed by atoms with Crippen molar-refractivity contribution < 1.29 is 9.59 Å². The normalized spacial score (nSPS) is 13.9. The first-order valence-electron chi connectivity index (χ1n) is 12.8. The summed E-state index contributed by atoms with van der Waals surface area (Å²) in [4.78, 5) is 21.9. The van der Waals surface area contributed by atoms with E-state index >= 15 is 0 Å². The van der Waals surface area contributed by atoms with Gasteiger partial charge in [0.1, 0.15) is 12.6 Å². The molecule has 0 bridgehead atoms. The molecule has 0 N–H and O–H groups in total. The van der Waals surface area contributed by atoms with E-state index in [0.717, 1.165) is 47.2 Å². The summed E-state index contributed by atoms with van der Waals surface area (Å²) in [7, 11) is 0. The van der Waals surface area contributed by atoms with Gasteiger partial charge in [0.05, 0.1) is 0 Å². The van der Waals surface area contributed by atoms with Crippen LogP contribution in [-0.2, 0) is 15.0 Å². The number of carbonyl (C=O) groups is 2. The van der Waals surface area contributed by atoms with Crippen LogP contribution in [0.25, 0.3) is 23.3 Å². The van der Waals surface area contributed by atoms with Gasteiger partial charge in [-0.25, -0.2) is 0 Å². The molecule has 2 nitrogen and oxygen atoms in total. The van der Waals surface area contributed by atoms with Crippen molar-refractivity contribution >= 4 is 56.6 Å². The molecule has 0 heterocycles. The Morgan fingerprint density at radius 3 is 1.43 bits per heavy atom. The maximum absolute atomic E-state index is 11.0. The van der Waals surface area contributed by atoms with Gasteiger partial charge in [-0.3, -0.25) is 9.59 Å². The van der Waals surface area contributed by atoms with Gasteiger partial charge in [0.2, 0.25) is 0 Å². The first-order chi connectivity index (χ1) is 17.2. The van der Waals surface area contributed by atoms with Crippen molar-refractivity contribution in [3.63, 3.8) is 0 Å². The number of carbonyl (C=O) groups excluding carboxylic acids is 2. The van der Waals surface area contributed by atoms with Gasteiger partial charge in [-0.05, 0) is 71.2 Å². The van der Waals surface area contributed by atoms with Crippen LogP contribution < -0.4 is 0 Å². The number of hydrogen-bond donors (Lipinski definition) is 0. The van der Waals surface area contributed by atoms with E-state index in [1.807, 2.05) is 12.2 Å². The maximum atomic E-state index is 11.0. The highest BCUT2D eigenvalue weighted by molar-refractivity contribution is 9.09. The SMILES string of the molecule is O=C/C=C/c1ccc2c(c1)C(CCCCCCBr)(CCCCCCBr)c1cc(/C=C/C=O)ccc1-2. The third kappa shape index (κ3) is 7.13. The Bertz CT molecular complexity index is 955. The molecule has 0 saturated heterocycles. The Balaban J connectivity index is 2.06. The van der Waals surface area contributed by atoms with E-state index in [1.165, 1.54) is 73.6 Å². The molecule has 0 atom stereocenters. The molecule has 0 unspecified atom stereocenters. The topological polar surface area (TPSA) is 34.1 Å². The predicted octanol–water partition coefficient (Wildman–Crippen LogP) is 9.07. The van der Waals surface area contributed by atoms with Crippen LogP contribution in [-0.4, -0.2) is 23.2 Å². The fraction of sp³-hybridized carbons (Fsp3) is 0.419. The summed E-state index contributed by atoms with van der Waals surface area (Å²) in [5.74, 6) is 0. The van der Waals surface area contributed by atoms with Crippen molar-refractivity contribution in [2.24, 2.45) is 0 Å². The standard InChI is InChI=1S/C31H36Br2O2/c32-19-7-3-1-5-17-31(18-6-2-4-8-20-33)29-23-25(11-9-21-34)13-15-27(29)28-16-14-26(12-10-22-35)24-30(28)31/h9-16,21-24H,1-8,17-20H2/b11-9+,12-10+. The zero-order valence-corrected chi connectivity index (χ0v) is 23.7. The lowest BCUT2D eigenvalue weighted by Gasteiger charge is -2.33. The number of unbranched alkanes of at least 4 members (excludes halogenated alkanes) is 6. The van der Waals surface area contributed by atoms with Gasteiger partial charge in [-0.1, -0.05) is 119 Å². The lowest BCUT2D eigenvalue weighted by atomic mass is 9.70. The highest BCUT2D eigenvalue weighted by atomic mass is 79.9. The lowest BCUT2D eigenvalue weighted by molar-refractivity contribution is -0.104. The number of rotatable bonds is 16. The first-order valence-corrected chi connectivity index (χ1v) is 15.1. The summed E-state index contributed by atoms with van der Waals surface area (Å²) >= 11 is 7.13. The molecule has 0 fully saturated rings. The average Bonchev–Trinajstić information content (AvgIpc) is 3.14. The second-order valence-electron chi connectivity index (χ2n) is 9.39. The second kappa shape index (κ2) is 14.7.